The van der Waals surface area contributed by atoms with Gasteiger partial charge in [-0.2, -0.15) is 0 Å². The lowest BCUT2D eigenvalue weighted by atomic mass is 10.1. The maximum atomic E-state index is 13.4. The fourth-order valence-corrected chi connectivity index (χ4v) is 2.06. The maximum absolute atomic E-state index is 13.4. The van der Waals surface area contributed by atoms with Crippen LogP contribution in [0.1, 0.15) is 33.9 Å². The van der Waals surface area contributed by atoms with E-state index in [-0.39, 0.29) is 18.7 Å². The molecule has 22 heavy (non-hydrogen) atoms. The average Bonchev–Trinajstić information content (AvgIpc) is 2.82. The van der Waals surface area contributed by atoms with Crippen molar-refractivity contribution in [1.82, 2.24) is 10.9 Å². The minimum atomic E-state index is -0.450. The zero-order chi connectivity index (χ0) is 16.1. The van der Waals surface area contributed by atoms with Crippen LogP contribution in [0.4, 0.5) is 4.39 Å². The number of carbonyl (C=O) groups excluding carboxylic acids is 2. The first-order valence-electron chi connectivity index (χ1n) is 6.87. The number of hydrazine groups is 1. The Labute approximate surface area is 127 Å². The number of aryl methyl sites for hydroxylation is 3. The summed E-state index contributed by atoms with van der Waals surface area (Å²) in [7, 11) is 0. The number of carbonyl (C=O) groups is 2. The number of hydrogen-bond donors (Lipinski definition) is 2. The van der Waals surface area contributed by atoms with Crippen LogP contribution in [0.25, 0.3) is 0 Å². The molecule has 0 spiro atoms. The molecule has 0 saturated carbocycles. The predicted molar refractivity (Wildman–Crippen MR) is 78.5 cm³/mol. The quantitative estimate of drug-likeness (QED) is 0.852. The molecule has 2 aromatic rings. The van der Waals surface area contributed by atoms with E-state index in [1.54, 1.807) is 38.1 Å². The van der Waals surface area contributed by atoms with Gasteiger partial charge in [-0.3, -0.25) is 20.4 Å². The molecule has 0 aliphatic heterocycles. The van der Waals surface area contributed by atoms with Crippen molar-refractivity contribution in [3.05, 3.63) is 58.8 Å². The summed E-state index contributed by atoms with van der Waals surface area (Å²) in [6.07, 6.45) is 0.336. The molecule has 0 aliphatic carbocycles. The third-order valence-electron chi connectivity index (χ3n) is 3.18. The Balaban J connectivity index is 1.82. The maximum Gasteiger partial charge on any atom is 0.273 e. The third kappa shape index (κ3) is 3.94. The zero-order valence-corrected chi connectivity index (χ0v) is 12.4. The summed E-state index contributed by atoms with van der Waals surface area (Å²) in [4.78, 5) is 23.5. The second-order valence-electron chi connectivity index (χ2n) is 4.92. The summed E-state index contributed by atoms with van der Waals surface area (Å²) in [6, 6.07) is 7.87. The number of rotatable bonds is 4. The van der Waals surface area contributed by atoms with E-state index >= 15 is 0 Å². The molecule has 0 saturated heterocycles. The highest BCUT2D eigenvalue weighted by molar-refractivity contribution is 5.96. The van der Waals surface area contributed by atoms with Crippen molar-refractivity contribution in [3.63, 3.8) is 0 Å². The van der Waals surface area contributed by atoms with Gasteiger partial charge in [0.1, 0.15) is 17.3 Å². The van der Waals surface area contributed by atoms with Crippen molar-refractivity contribution in [2.24, 2.45) is 0 Å². The molecule has 2 amide bonds. The largest absolute Gasteiger partial charge is 0.466 e. The van der Waals surface area contributed by atoms with Gasteiger partial charge in [-0.05, 0) is 38.0 Å². The molecule has 0 atom stereocenters. The Morgan fingerprint density at radius 1 is 1.18 bits per heavy atom. The van der Waals surface area contributed by atoms with E-state index in [9.17, 15) is 14.0 Å². The summed E-state index contributed by atoms with van der Waals surface area (Å²) >= 11 is 0. The molecule has 0 bridgehead atoms. The number of benzene rings is 1. The van der Waals surface area contributed by atoms with Crippen LogP contribution in [0.15, 0.2) is 34.7 Å². The molecule has 0 radical (unpaired) electrons. The van der Waals surface area contributed by atoms with E-state index in [0.29, 0.717) is 22.6 Å². The van der Waals surface area contributed by atoms with Crippen molar-refractivity contribution in [1.29, 1.82) is 0 Å². The highest BCUT2D eigenvalue weighted by Gasteiger charge is 2.14. The van der Waals surface area contributed by atoms with Crippen molar-refractivity contribution in [2.45, 2.75) is 26.7 Å². The van der Waals surface area contributed by atoms with Crippen molar-refractivity contribution >= 4 is 11.8 Å². The van der Waals surface area contributed by atoms with E-state index in [1.165, 1.54) is 6.07 Å². The van der Waals surface area contributed by atoms with Crippen molar-refractivity contribution in [3.8, 4) is 0 Å². The van der Waals surface area contributed by atoms with Gasteiger partial charge >= 0.3 is 0 Å². The number of furan rings is 1. The fourth-order valence-electron chi connectivity index (χ4n) is 2.06. The molecule has 116 valence electrons. The second-order valence-corrected chi connectivity index (χ2v) is 4.92. The van der Waals surface area contributed by atoms with Crippen LogP contribution < -0.4 is 10.9 Å². The molecule has 5 nitrogen and oxygen atoms in total. The van der Waals surface area contributed by atoms with Gasteiger partial charge in [0.2, 0.25) is 5.91 Å². The van der Waals surface area contributed by atoms with Gasteiger partial charge in [0.05, 0.1) is 5.56 Å². The number of halogens is 1. The summed E-state index contributed by atoms with van der Waals surface area (Å²) < 4.78 is 18.7. The fraction of sp³-hybridized carbons (Fsp3) is 0.250. The topological polar surface area (TPSA) is 71.3 Å². The van der Waals surface area contributed by atoms with Crippen LogP contribution in [-0.2, 0) is 11.2 Å². The van der Waals surface area contributed by atoms with Gasteiger partial charge in [0, 0.05) is 6.42 Å². The molecule has 1 aromatic carbocycles. The number of nitrogens with one attached hydrogen (secondary N) is 2. The van der Waals surface area contributed by atoms with E-state index in [1.807, 2.05) is 0 Å². The van der Waals surface area contributed by atoms with E-state index < -0.39 is 11.8 Å². The van der Waals surface area contributed by atoms with Crippen molar-refractivity contribution in [2.75, 3.05) is 0 Å². The average molecular weight is 304 g/mol. The Hall–Kier alpha value is -2.63. The standard InChI is InChI=1S/C16H17FN2O3/c1-10-9-13(11(2)22-10)16(21)19-18-15(20)8-7-12-5-3-4-6-14(12)17/h3-6,9H,7-8H2,1-2H3,(H,18,20)(H,19,21). The monoisotopic (exact) mass is 304 g/mol. The normalized spacial score (nSPS) is 10.3. The molecule has 6 heteroatoms. The molecule has 0 aliphatic rings. The Morgan fingerprint density at radius 2 is 1.91 bits per heavy atom. The highest BCUT2D eigenvalue weighted by atomic mass is 19.1. The van der Waals surface area contributed by atoms with Crippen LogP contribution in [0.2, 0.25) is 0 Å². The molecule has 0 unspecified atom stereocenters. The summed E-state index contributed by atoms with van der Waals surface area (Å²) in [5.74, 6) is -0.0870. The van der Waals surface area contributed by atoms with Gasteiger partial charge in [0.15, 0.2) is 0 Å². The zero-order valence-electron chi connectivity index (χ0n) is 12.4. The molecule has 2 rings (SSSR count). The van der Waals surface area contributed by atoms with Gasteiger partial charge < -0.3 is 4.42 Å². The smallest absolute Gasteiger partial charge is 0.273 e. The van der Waals surface area contributed by atoms with Crippen LogP contribution in [-0.4, -0.2) is 11.8 Å². The highest BCUT2D eigenvalue weighted by Crippen LogP contribution is 2.13. The van der Waals surface area contributed by atoms with Gasteiger partial charge in [-0.1, -0.05) is 18.2 Å². The number of hydrogen-bond acceptors (Lipinski definition) is 3. The summed E-state index contributed by atoms with van der Waals surface area (Å²) in [5, 5.41) is 0. The third-order valence-corrected chi connectivity index (χ3v) is 3.18. The summed E-state index contributed by atoms with van der Waals surface area (Å²) in [6.45, 7) is 3.40. The molecule has 0 fully saturated rings. The minimum absolute atomic E-state index is 0.0740. The first kappa shape index (κ1) is 15.8. The van der Waals surface area contributed by atoms with Crippen LogP contribution in [0, 0.1) is 19.7 Å². The lowest BCUT2D eigenvalue weighted by Crippen LogP contribution is -2.41. The van der Waals surface area contributed by atoms with Crippen molar-refractivity contribution < 1.29 is 18.4 Å². The molecule has 1 aromatic heterocycles. The number of amides is 2. The van der Waals surface area contributed by atoms with Crippen LogP contribution in [0.3, 0.4) is 0 Å². The predicted octanol–water partition coefficient (Wildman–Crippen LogP) is 2.43. The summed E-state index contributed by atoms with van der Waals surface area (Å²) in [5.41, 5.74) is 5.45. The van der Waals surface area contributed by atoms with Crippen LogP contribution >= 0.6 is 0 Å². The minimum Gasteiger partial charge on any atom is -0.466 e. The van der Waals surface area contributed by atoms with Gasteiger partial charge in [0.25, 0.3) is 5.91 Å². The van der Waals surface area contributed by atoms with E-state index in [4.69, 9.17) is 4.42 Å². The van der Waals surface area contributed by atoms with E-state index in [2.05, 4.69) is 10.9 Å². The first-order valence-corrected chi connectivity index (χ1v) is 6.87. The van der Waals surface area contributed by atoms with Crippen LogP contribution in [0.5, 0.6) is 0 Å². The van der Waals surface area contributed by atoms with E-state index in [0.717, 1.165) is 0 Å². The van der Waals surface area contributed by atoms with Gasteiger partial charge in [-0.15, -0.1) is 0 Å². The first-order chi connectivity index (χ1) is 10.5. The molecular formula is C16H17FN2O3. The molecule has 1 heterocycles. The Kier molecular flexibility index (Phi) is 4.93. The second kappa shape index (κ2) is 6.89. The SMILES string of the molecule is Cc1cc(C(=O)NNC(=O)CCc2ccccc2F)c(C)o1. The lowest BCUT2D eigenvalue weighted by Gasteiger charge is -2.07. The Morgan fingerprint density at radius 3 is 2.55 bits per heavy atom. The molecular weight excluding hydrogens is 287 g/mol. The lowest BCUT2D eigenvalue weighted by molar-refractivity contribution is -0.121. The van der Waals surface area contributed by atoms with Gasteiger partial charge in [-0.25, -0.2) is 4.39 Å². The Bertz CT molecular complexity index is 694. The molecule has 2 N–H and O–H groups in total.